The molecule has 6 aliphatic rings. The van der Waals surface area contributed by atoms with Crippen LogP contribution in [0.2, 0.25) is 0 Å². The molecule has 2 unspecified atom stereocenters. The van der Waals surface area contributed by atoms with Crippen molar-refractivity contribution in [2.45, 2.75) is 75.3 Å². The number of likely N-dealkylation sites (tertiary alicyclic amines) is 2. The molecule has 0 spiro atoms. The second-order valence-corrected chi connectivity index (χ2v) is 17.1. The molecule has 0 bridgehead atoms. The molecule has 10 rings (SSSR count). The Bertz CT molecular complexity index is 2290. The highest BCUT2D eigenvalue weighted by atomic mass is 16.5. The summed E-state index contributed by atoms with van der Waals surface area (Å²) in [5.74, 6) is 0.874. The molecular weight excluding hydrogens is 763 g/mol. The van der Waals surface area contributed by atoms with E-state index in [0.29, 0.717) is 46.1 Å². The third kappa shape index (κ3) is 6.97. The minimum Gasteiger partial charge on any atom is -0.457 e. The van der Waals surface area contributed by atoms with E-state index in [0.717, 1.165) is 101 Å². The predicted octanol–water partition coefficient (Wildman–Crippen LogP) is 4.12. The first-order chi connectivity index (χ1) is 29.2. The van der Waals surface area contributed by atoms with E-state index in [-0.39, 0.29) is 30.7 Å². The first-order valence-corrected chi connectivity index (χ1v) is 21.4. The van der Waals surface area contributed by atoms with Gasteiger partial charge in [0.2, 0.25) is 11.8 Å². The van der Waals surface area contributed by atoms with Gasteiger partial charge in [0.05, 0.1) is 6.04 Å². The molecule has 15 nitrogen and oxygen atoms in total. The van der Waals surface area contributed by atoms with Crippen LogP contribution in [0, 0.1) is 5.92 Å². The van der Waals surface area contributed by atoms with E-state index in [4.69, 9.17) is 15.6 Å². The number of rotatable bonds is 9. The molecule has 4 amide bonds. The summed E-state index contributed by atoms with van der Waals surface area (Å²) in [4.78, 5) is 59.1. The molecule has 4 aromatic rings. The minimum atomic E-state index is -1.22. The highest BCUT2D eigenvalue weighted by Crippen LogP contribution is 2.42. The van der Waals surface area contributed by atoms with Crippen molar-refractivity contribution in [1.82, 2.24) is 29.8 Å². The molecule has 3 atom stereocenters. The number of para-hydroxylation sites is 1. The molecule has 0 radical (unpaired) electrons. The molecule has 7 heterocycles. The highest BCUT2D eigenvalue weighted by molar-refractivity contribution is 6.06. The van der Waals surface area contributed by atoms with Crippen molar-refractivity contribution >= 4 is 35.1 Å². The maximum absolute atomic E-state index is 13.2. The second kappa shape index (κ2) is 15.7. The Kier molecular flexibility index (Phi) is 10.0. The number of nitrogens with one attached hydrogen (secondary N) is 2. The van der Waals surface area contributed by atoms with E-state index < -0.39 is 24.1 Å². The maximum atomic E-state index is 13.2. The van der Waals surface area contributed by atoms with E-state index in [2.05, 4.69) is 30.0 Å². The van der Waals surface area contributed by atoms with Gasteiger partial charge in [0.1, 0.15) is 34.6 Å². The summed E-state index contributed by atoms with van der Waals surface area (Å²) in [5.41, 5.74) is 9.74. The number of benzene rings is 3. The fourth-order valence-electron chi connectivity index (χ4n) is 10.5. The van der Waals surface area contributed by atoms with Gasteiger partial charge in [-0.1, -0.05) is 18.2 Å². The van der Waals surface area contributed by atoms with Crippen molar-refractivity contribution in [3.63, 3.8) is 0 Å². The molecule has 5 N–H and O–H groups in total. The van der Waals surface area contributed by atoms with E-state index in [9.17, 15) is 24.3 Å². The average Bonchev–Trinajstić information content (AvgIpc) is 3.76. The highest BCUT2D eigenvalue weighted by Gasteiger charge is 2.45. The van der Waals surface area contributed by atoms with Crippen molar-refractivity contribution in [2.75, 3.05) is 56.0 Å². The number of nitrogens with zero attached hydrogens (tertiary/aromatic N) is 6. The van der Waals surface area contributed by atoms with Crippen LogP contribution >= 0.6 is 0 Å². The van der Waals surface area contributed by atoms with Crippen molar-refractivity contribution in [3.8, 4) is 22.8 Å². The number of primary amides is 1. The van der Waals surface area contributed by atoms with Crippen LogP contribution in [0.1, 0.15) is 83.5 Å². The van der Waals surface area contributed by atoms with Crippen molar-refractivity contribution in [2.24, 2.45) is 11.7 Å². The smallest absolute Gasteiger partial charge is 0.257 e. The Morgan fingerprint density at radius 2 is 1.52 bits per heavy atom. The summed E-state index contributed by atoms with van der Waals surface area (Å²) < 4.78 is 8.04. The standard InChI is InChI=1S/C45H51N9O6/c46-41(56)39-40(28-6-9-33(10-7-28)60-32-4-2-1-3-5-32)49-54-36(14-19-47-42(39)54)27-15-20-50(21-16-27)29-17-22-51(23-18-29)31-25-52(26-31)30-8-11-34-35(24-30)45(59)53(44(34)58)37-12-13-38(55)48-43(37)57/h1-11,24,27,29,31,36-37,45,47,59H,12-23,25-26H2,(H2,46,56)(H,48,55,57)/t36-,37?,45?/m0/s1. The van der Waals surface area contributed by atoms with Crippen LogP contribution < -0.4 is 26.0 Å². The summed E-state index contributed by atoms with van der Waals surface area (Å²) in [6.45, 7) is 6.77. The second-order valence-electron chi connectivity index (χ2n) is 17.1. The molecule has 4 saturated heterocycles. The predicted molar refractivity (Wildman–Crippen MR) is 223 cm³/mol. The van der Waals surface area contributed by atoms with Gasteiger partial charge in [0.25, 0.3) is 11.8 Å². The molecule has 60 heavy (non-hydrogen) atoms. The molecule has 15 heteroatoms. The topological polar surface area (TPSA) is 179 Å². The lowest BCUT2D eigenvalue weighted by molar-refractivity contribution is -0.139. The van der Waals surface area contributed by atoms with Gasteiger partial charge in [-0.25, -0.2) is 4.68 Å². The number of ether oxygens (including phenoxy) is 1. The zero-order valence-electron chi connectivity index (χ0n) is 33.5. The Labute approximate surface area is 348 Å². The van der Waals surface area contributed by atoms with Gasteiger partial charge < -0.3 is 30.7 Å². The SMILES string of the molecule is NC(=O)c1c(-c2ccc(Oc3ccccc3)cc2)nn2c1NCC[C@H]2C1CCN(C2CCN(C3CN(c4ccc5c(c4)C(O)N(C4CCC(=O)NC4=O)C5=O)C3)CC2)CC1. The lowest BCUT2D eigenvalue weighted by Crippen LogP contribution is -2.62. The third-order valence-corrected chi connectivity index (χ3v) is 13.8. The van der Waals surface area contributed by atoms with Crippen LogP contribution in [-0.2, 0) is 9.59 Å². The van der Waals surface area contributed by atoms with Crippen LogP contribution in [0.4, 0.5) is 11.5 Å². The van der Waals surface area contributed by atoms with Crippen molar-refractivity contribution in [1.29, 1.82) is 0 Å². The normalized spacial score (nSPS) is 24.4. The summed E-state index contributed by atoms with van der Waals surface area (Å²) >= 11 is 0. The number of carbonyl (C=O) groups excluding carboxylic acids is 4. The number of nitrogens with two attached hydrogens (primary N) is 1. The van der Waals surface area contributed by atoms with Crippen molar-refractivity contribution < 1.29 is 29.0 Å². The molecule has 4 fully saturated rings. The third-order valence-electron chi connectivity index (χ3n) is 13.8. The Balaban J connectivity index is 0.721. The summed E-state index contributed by atoms with van der Waals surface area (Å²) in [5, 5.41) is 22.0. The van der Waals surface area contributed by atoms with Gasteiger partial charge in [-0.2, -0.15) is 5.10 Å². The molecule has 1 aromatic heterocycles. The number of fused-ring (bicyclic) bond motifs is 2. The Hall–Kier alpha value is -5.77. The summed E-state index contributed by atoms with van der Waals surface area (Å²) in [7, 11) is 0. The van der Waals surface area contributed by atoms with E-state index in [1.54, 1.807) is 6.07 Å². The lowest BCUT2D eigenvalue weighted by atomic mass is 9.85. The minimum absolute atomic E-state index is 0.137. The zero-order valence-corrected chi connectivity index (χ0v) is 33.5. The molecule has 3 aromatic carbocycles. The zero-order chi connectivity index (χ0) is 41.1. The van der Waals surface area contributed by atoms with Gasteiger partial charge in [-0.3, -0.25) is 34.3 Å². The number of piperidine rings is 3. The number of hydrogen-bond acceptors (Lipinski definition) is 11. The van der Waals surface area contributed by atoms with Crippen LogP contribution in [0.15, 0.2) is 72.8 Å². The quantitative estimate of drug-likeness (QED) is 0.179. The molecule has 312 valence electrons. The number of anilines is 2. The van der Waals surface area contributed by atoms with Crippen LogP contribution in [0.5, 0.6) is 11.5 Å². The van der Waals surface area contributed by atoms with E-state index in [1.165, 1.54) is 4.90 Å². The Morgan fingerprint density at radius 3 is 2.23 bits per heavy atom. The number of imide groups is 1. The van der Waals surface area contributed by atoms with Gasteiger partial charge in [0, 0.05) is 73.6 Å². The number of carbonyl (C=O) groups is 4. The first kappa shape index (κ1) is 38.4. The summed E-state index contributed by atoms with van der Waals surface area (Å²) in [6, 6.07) is 23.2. The van der Waals surface area contributed by atoms with Gasteiger partial charge in [0.15, 0.2) is 6.23 Å². The largest absolute Gasteiger partial charge is 0.457 e. The number of aromatic nitrogens is 2. The number of aliphatic hydroxyl groups excluding tert-OH is 1. The maximum Gasteiger partial charge on any atom is 0.257 e. The average molecular weight is 814 g/mol. The Morgan fingerprint density at radius 1 is 0.817 bits per heavy atom. The lowest BCUT2D eigenvalue weighted by Gasteiger charge is -2.50. The first-order valence-electron chi connectivity index (χ1n) is 21.4. The van der Waals surface area contributed by atoms with Gasteiger partial charge >= 0.3 is 0 Å². The fourth-order valence-corrected chi connectivity index (χ4v) is 10.5. The van der Waals surface area contributed by atoms with E-state index in [1.807, 2.05) is 66.7 Å². The van der Waals surface area contributed by atoms with Crippen LogP contribution in [0.3, 0.4) is 0 Å². The van der Waals surface area contributed by atoms with E-state index >= 15 is 0 Å². The van der Waals surface area contributed by atoms with Gasteiger partial charge in [-0.15, -0.1) is 0 Å². The number of amides is 4. The molecular formula is C45H51N9O6. The van der Waals surface area contributed by atoms with Gasteiger partial charge in [-0.05, 0) is 112 Å². The monoisotopic (exact) mass is 813 g/mol. The summed E-state index contributed by atoms with van der Waals surface area (Å²) in [6.07, 6.45) is 4.51. The molecule has 6 aliphatic heterocycles. The molecule has 0 saturated carbocycles. The number of aliphatic hydroxyl groups is 1. The fraction of sp³-hybridized carbons (Fsp3) is 0.444. The van der Waals surface area contributed by atoms with Crippen LogP contribution in [0.25, 0.3) is 11.3 Å². The molecule has 0 aliphatic carbocycles. The van der Waals surface area contributed by atoms with Crippen LogP contribution in [-0.4, -0.2) is 117 Å². The van der Waals surface area contributed by atoms with Crippen molar-refractivity contribution in [3.05, 3.63) is 89.5 Å². The number of hydrogen-bond donors (Lipinski definition) is 4.